The minimum atomic E-state index is -3.80. The van der Waals surface area contributed by atoms with Gasteiger partial charge in [0.25, 0.3) is 0 Å². The van der Waals surface area contributed by atoms with Crippen LogP contribution in [0.2, 0.25) is 0 Å². The molecule has 0 aliphatic rings. The van der Waals surface area contributed by atoms with Crippen LogP contribution >= 0.6 is 12.6 Å². The number of hydrogen-bond acceptors (Lipinski definition) is 4. The molecule has 4 nitrogen and oxygen atoms in total. The normalized spacial score (nSPS) is 15.9. The highest BCUT2D eigenvalue weighted by Gasteiger charge is 2.04. The first-order valence-corrected chi connectivity index (χ1v) is 3.79. The molecule has 1 unspecified atom stereocenters. The van der Waals surface area contributed by atoms with E-state index in [0.717, 1.165) is 0 Å². The highest BCUT2D eigenvalue weighted by Crippen LogP contribution is 1.96. The lowest BCUT2D eigenvalue weighted by molar-refractivity contribution is 0.312. The third-order valence-electron chi connectivity index (χ3n) is 0.273. The maximum absolute atomic E-state index is 9.95. The fourth-order valence-corrected chi connectivity index (χ4v) is 0.942. The Labute approximate surface area is 53.7 Å². The maximum Gasteiger partial charge on any atom is 0.334 e. The second-order valence-corrected chi connectivity index (χ2v) is 3.09. The number of nitrogens with two attached hydrogens (primary N) is 1. The molecule has 0 spiro atoms. The van der Waals surface area contributed by atoms with Crippen molar-refractivity contribution in [3.63, 3.8) is 0 Å². The van der Waals surface area contributed by atoms with Crippen LogP contribution in [-0.4, -0.2) is 13.9 Å². The summed E-state index contributed by atoms with van der Waals surface area (Å²) in [4.78, 5) is 0. The second kappa shape index (κ2) is 2.67. The molecule has 0 amide bonds. The molecule has 0 aromatic carbocycles. The minimum absolute atomic E-state index is 0.676. The van der Waals surface area contributed by atoms with Crippen LogP contribution in [-0.2, 0) is 14.5 Å². The highest BCUT2D eigenvalue weighted by molar-refractivity contribution is 7.86. The molecule has 0 radical (unpaired) electrons. The molecule has 1 atom stereocenters. The first kappa shape index (κ1) is 8.22. The lowest BCUT2D eigenvalue weighted by Gasteiger charge is -2.00. The summed E-state index contributed by atoms with van der Waals surface area (Å²) >= 11 is 3.61. The Hall–Kier alpha value is 0.220. The van der Waals surface area contributed by atoms with Crippen LogP contribution < -0.4 is 5.14 Å². The van der Waals surface area contributed by atoms with Crippen molar-refractivity contribution in [3.8, 4) is 0 Å². The van der Waals surface area contributed by atoms with E-state index in [2.05, 4.69) is 22.0 Å². The van der Waals surface area contributed by atoms with Gasteiger partial charge in [-0.25, -0.2) is 9.32 Å². The van der Waals surface area contributed by atoms with Gasteiger partial charge in [-0.15, -0.1) is 12.6 Å². The monoisotopic (exact) mass is 157 g/mol. The van der Waals surface area contributed by atoms with Gasteiger partial charge >= 0.3 is 10.3 Å². The van der Waals surface area contributed by atoms with Crippen LogP contribution in [0.25, 0.3) is 0 Å². The first-order chi connectivity index (χ1) is 3.42. The third-order valence-corrected chi connectivity index (χ3v) is 1.08. The average Bonchev–Trinajstić information content (AvgIpc) is 1.21. The van der Waals surface area contributed by atoms with Gasteiger partial charge in [0.2, 0.25) is 0 Å². The van der Waals surface area contributed by atoms with Crippen molar-refractivity contribution in [1.82, 2.24) is 0 Å². The molecule has 0 aromatic rings. The smallest absolute Gasteiger partial charge is 0.244 e. The summed E-state index contributed by atoms with van der Waals surface area (Å²) in [5, 5.41) is 4.44. The fraction of sp³-hybridized carbons (Fsp3) is 1.00. The molecular formula is C2H7NO3S2. The minimum Gasteiger partial charge on any atom is -0.244 e. The molecule has 0 aromatic heterocycles. The molecule has 0 fully saturated rings. The highest BCUT2D eigenvalue weighted by atomic mass is 32.2. The largest absolute Gasteiger partial charge is 0.334 e. The Bertz CT molecular complexity index is 149. The molecule has 50 valence electrons. The van der Waals surface area contributed by atoms with Crippen LogP contribution in [0.3, 0.4) is 0 Å². The van der Waals surface area contributed by atoms with E-state index in [4.69, 9.17) is 0 Å². The Kier molecular flexibility index (Phi) is 2.75. The predicted octanol–water partition coefficient (Wildman–Crippen LogP) is -0.518. The molecule has 0 bridgehead atoms. The van der Waals surface area contributed by atoms with Crippen molar-refractivity contribution < 1.29 is 12.6 Å². The van der Waals surface area contributed by atoms with Crippen molar-refractivity contribution in [2.45, 2.75) is 12.4 Å². The van der Waals surface area contributed by atoms with Crippen molar-refractivity contribution in [2.24, 2.45) is 5.14 Å². The molecule has 2 N–H and O–H groups in total. The van der Waals surface area contributed by atoms with E-state index < -0.39 is 15.7 Å². The molecule has 0 aliphatic heterocycles. The second-order valence-electron chi connectivity index (χ2n) is 1.19. The summed E-state index contributed by atoms with van der Waals surface area (Å²) < 4.78 is 23.9. The third kappa shape index (κ3) is 6.22. The quantitative estimate of drug-likeness (QED) is 0.418. The zero-order valence-corrected chi connectivity index (χ0v) is 5.95. The average molecular weight is 157 g/mol. The summed E-state index contributed by atoms with van der Waals surface area (Å²) in [6, 6.07) is 0. The van der Waals surface area contributed by atoms with Crippen molar-refractivity contribution in [2.75, 3.05) is 0 Å². The van der Waals surface area contributed by atoms with E-state index in [1.165, 1.54) is 6.92 Å². The van der Waals surface area contributed by atoms with Gasteiger partial charge in [0.15, 0.2) is 0 Å². The van der Waals surface area contributed by atoms with E-state index in [0.29, 0.717) is 0 Å². The molecule has 8 heavy (non-hydrogen) atoms. The Morgan fingerprint density at radius 3 is 2.12 bits per heavy atom. The number of rotatable bonds is 2. The Morgan fingerprint density at radius 2 is 2.12 bits per heavy atom. The molecule has 0 saturated heterocycles. The summed E-state index contributed by atoms with van der Waals surface area (Å²) in [5.74, 6) is 0. The molecular weight excluding hydrogens is 150 g/mol. The van der Waals surface area contributed by atoms with Gasteiger partial charge < -0.3 is 0 Å². The lowest BCUT2D eigenvalue weighted by atomic mass is 10.9. The van der Waals surface area contributed by atoms with Gasteiger partial charge in [-0.3, -0.25) is 0 Å². The molecule has 0 rings (SSSR count). The van der Waals surface area contributed by atoms with E-state index in [-0.39, 0.29) is 0 Å². The zero-order valence-electron chi connectivity index (χ0n) is 4.23. The van der Waals surface area contributed by atoms with Gasteiger partial charge in [-0.1, -0.05) is 0 Å². The van der Waals surface area contributed by atoms with Gasteiger partial charge in [0.05, 0.1) is 0 Å². The van der Waals surface area contributed by atoms with E-state index in [9.17, 15) is 8.42 Å². The van der Waals surface area contributed by atoms with E-state index in [1.807, 2.05) is 0 Å². The van der Waals surface area contributed by atoms with E-state index >= 15 is 0 Å². The SMILES string of the molecule is CC(S)OS(N)(=O)=O. The van der Waals surface area contributed by atoms with Gasteiger partial charge in [0, 0.05) is 0 Å². The Morgan fingerprint density at radius 1 is 1.75 bits per heavy atom. The van der Waals surface area contributed by atoms with Gasteiger partial charge in [-0.05, 0) is 6.92 Å². The summed E-state index contributed by atoms with van der Waals surface area (Å²) in [6.45, 7) is 1.45. The predicted molar refractivity (Wildman–Crippen MR) is 32.6 cm³/mol. The zero-order chi connectivity index (χ0) is 6.78. The standard InChI is InChI=1S/C2H7NO3S2/c1-2(7)6-8(3,4)5/h2,7H,1H3,(H2,3,4,5). The number of thiol groups is 1. The van der Waals surface area contributed by atoms with Gasteiger partial charge in [0.1, 0.15) is 5.44 Å². The molecule has 0 heterocycles. The fourth-order valence-electron chi connectivity index (χ4n) is 0.194. The first-order valence-electron chi connectivity index (χ1n) is 1.81. The summed E-state index contributed by atoms with van der Waals surface area (Å²) in [6.07, 6.45) is 0. The van der Waals surface area contributed by atoms with E-state index in [1.54, 1.807) is 0 Å². The van der Waals surface area contributed by atoms with Crippen LogP contribution in [0.5, 0.6) is 0 Å². The summed E-state index contributed by atoms with van der Waals surface area (Å²) in [5.41, 5.74) is -0.676. The van der Waals surface area contributed by atoms with Crippen LogP contribution in [0.15, 0.2) is 0 Å². The molecule has 0 saturated carbocycles. The van der Waals surface area contributed by atoms with Gasteiger partial charge in [-0.2, -0.15) is 8.42 Å². The molecule has 0 aliphatic carbocycles. The lowest BCUT2D eigenvalue weighted by Crippen LogP contribution is -2.18. The van der Waals surface area contributed by atoms with Crippen molar-refractivity contribution in [1.29, 1.82) is 0 Å². The molecule has 6 heteroatoms. The van der Waals surface area contributed by atoms with Crippen molar-refractivity contribution in [3.05, 3.63) is 0 Å². The number of hydrogen-bond donors (Lipinski definition) is 2. The van der Waals surface area contributed by atoms with Crippen LogP contribution in [0, 0.1) is 0 Å². The topological polar surface area (TPSA) is 69.4 Å². The van der Waals surface area contributed by atoms with Crippen LogP contribution in [0.4, 0.5) is 0 Å². The maximum atomic E-state index is 9.95. The summed E-state index contributed by atoms with van der Waals surface area (Å²) in [7, 11) is -3.80. The Balaban J connectivity index is 3.75. The van der Waals surface area contributed by atoms with Crippen LogP contribution in [0.1, 0.15) is 6.92 Å². The van der Waals surface area contributed by atoms with Crippen molar-refractivity contribution >= 4 is 22.9 Å².